The molecule has 1 aromatic carbocycles. The molecular weight excluding hydrogens is 344 g/mol. The second-order valence-electron chi connectivity index (χ2n) is 6.51. The number of nitrogens with zero attached hydrogens (tertiary/aromatic N) is 2. The lowest BCUT2D eigenvalue weighted by atomic mass is 10.2. The lowest BCUT2D eigenvalue weighted by Crippen LogP contribution is -2.48. The average Bonchev–Trinajstić information content (AvgIpc) is 2.61. The second-order valence-corrected chi connectivity index (χ2v) is 8.45. The molecule has 1 aromatic rings. The Morgan fingerprint density at radius 1 is 1.04 bits per heavy atom. The zero-order valence-electron chi connectivity index (χ0n) is 14.6. The summed E-state index contributed by atoms with van der Waals surface area (Å²) in [5.74, 6) is -0.0964. The number of hydrogen-bond acceptors (Lipinski definition) is 5. The fourth-order valence-electron chi connectivity index (χ4n) is 3.19. The number of sulfonamides is 1. The highest BCUT2D eigenvalue weighted by atomic mass is 32.2. The first-order valence-corrected chi connectivity index (χ1v) is 9.94. The van der Waals surface area contributed by atoms with E-state index in [0.717, 1.165) is 0 Å². The quantitative estimate of drug-likeness (QED) is 0.794. The molecule has 1 amide bonds. The normalized spacial score (nSPS) is 25.8. The number of ether oxygens (including phenoxy) is 2. The first kappa shape index (κ1) is 18.3. The summed E-state index contributed by atoms with van der Waals surface area (Å²) in [5.41, 5.74) is 0.490. The molecule has 0 aromatic heterocycles. The molecule has 0 radical (unpaired) electrons. The van der Waals surface area contributed by atoms with Crippen molar-refractivity contribution in [3.8, 4) is 0 Å². The van der Waals surface area contributed by atoms with Gasteiger partial charge in [-0.25, -0.2) is 8.42 Å². The highest BCUT2D eigenvalue weighted by Crippen LogP contribution is 2.22. The summed E-state index contributed by atoms with van der Waals surface area (Å²) in [6, 6.07) is 6.18. The number of rotatable bonds is 3. The Bertz CT molecular complexity index is 703. The molecule has 8 heteroatoms. The van der Waals surface area contributed by atoms with Crippen LogP contribution in [-0.2, 0) is 19.5 Å². The zero-order valence-corrected chi connectivity index (χ0v) is 15.4. The molecule has 0 aliphatic carbocycles. The second kappa shape index (κ2) is 7.41. The number of morpholine rings is 2. The molecule has 2 saturated heterocycles. The van der Waals surface area contributed by atoms with E-state index in [-0.39, 0.29) is 23.0 Å². The van der Waals surface area contributed by atoms with Gasteiger partial charge in [0.2, 0.25) is 10.0 Å². The van der Waals surface area contributed by atoms with Crippen molar-refractivity contribution in [2.75, 3.05) is 39.4 Å². The van der Waals surface area contributed by atoms with Crippen molar-refractivity contribution in [1.29, 1.82) is 0 Å². The van der Waals surface area contributed by atoms with Crippen LogP contribution in [0.2, 0.25) is 0 Å². The van der Waals surface area contributed by atoms with Crippen molar-refractivity contribution in [1.82, 2.24) is 9.21 Å². The predicted octanol–water partition coefficient (Wildman–Crippen LogP) is 0.957. The lowest BCUT2D eigenvalue weighted by Gasteiger charge is -2.34. The first-order chi connectivity index (χ1) is 11.9. The van der Waals surface area contributed by atoms with Gasteiger partial charge in [0.25, 0.3) is 5.91 Å². The van der Waals surface area contributed by atoms with Gasteiger partial charge < -0.3 is 14.4 Å². The largest absolute Gasteiger partial charge is 0.378 e. The predicted molar refractivity (Wildman–Crippen MR) is 91.9 cm³/mol. The smallest absolute Gasteiger partial charge is 0.254 e. The van der Waals surface area contributed by atoms with E-state index in [2.05, 4.69) is 0 Å². The summed E-state index contributed by atoms with van der Waals surface area (Å²) in [6.07, 6.45) is -0.276. The van der Waals surface area contributed by atoms with Crippen LogP contribution in [0.25, 0.3) is 0 Å². The zero-order chi connectivity index (χ0) is 18.0. The highest BCUT2D eigenvalue weighted by molar-refractivity contribution is 7.89. The van der Waals surface area contributed by atoms with E-state index in [9.17, 15) is 13.2 Å². The van der Waals surface area contributed by atoms with Crippen molar-refractivity contribution in [3.05, 3.63) is 29.8 Å². The molecule has 2 aliphatic rings. The molecule has 7 nitrogen and oxygen atoms in total. The highest BCUT2D eigenvalue weighted by Gasteiger charge is 2.32. The van der Waals surface area contributed by atoms with Gasteiger partial charge in [-0.05, 0) is 38.1 Å². The van der Waals surface area contributed by atoms with Gasteiger partial charge in [0.15, 0.2) is 0 Å². The van der Waals surface area contributed by atoms with Gasteiger partial charge in [-0.2, -0.15) is 4.31 Å². The first-order valence-electron chi connectivity index (χ1n) is 8.50. The van der Waals surface area contributed by atoms with E-state index >= 15 is 0 Å². The third-order valence-corrected chi connectivity index (χ3v) is 6.27. The van der Waals surface area contributed by atoms with Crippen LogP contribution in [0.3, 0.4) is 0 Å². The summed E-state index contributed by atoms with van der Waals surface area (Å²) in [6.45, 7) is 6.58. The third-order valence-electron chi connectivity index (χ3n) is 4.42. The van der Waals surface area contributed by atoms with Gasteiger partial charge >= 0.3 is 0 Å². The Morgan fingerprint density at radius 2 is 1.60 bits per heavy atom. The van der Waals surface area contributed by atoms with Crippen LogP contribution >= 0.6 is 0 Å². The van der Waals surface area contributed by atoms with E-state index in [1.54, 1.807) is 17.0 Å². The van der Waals surface area contributed by atoms with E-state index in [1.165, 1.54) is 16.4 Å². The summed E-state index contributed by atoms with van der Waals surface area (Å²) in [4.78, 5) is 14.4. The van der Waals surface area contributed by atoms with Gasteiger partial charge in [0.05, 0.1) is 30.3 Å². The Kier molecular flexibility index (Phi) is 5.43. The van der Waals surface area contributed by atoms with E-state index < -0.39 is 10.0 Å². The SMILES string of the molecule is C[C@@H]1CN(S(=O)(=O)c2ccc(C(=O)N3CCOCC3)cc2)C[C@@H](C)O1. The average molecular weight is 368 g/mol. The Hall–Kier alpha value is -1.48. The molecule has 2 atom stereocenters. The Balaban J connectivity index is 1.75. The van der Waals surface area contributed by atoms with Crippen molar-refractivity contribution < 1.29 is 22.7 Å². The van der Waals surface area contributed by atoms with Crippen LogP contribution in [0, 0.1) is 0 Å². The van der Waals surface area contributed by atoms with Gasteiger partial charge in [0.1, 0.15) is 0 Å². The van der Waals surface area contributed by atoms with Crippen LogP contribution < -0.4 is 0 Å². The molecule has 0 unspecified atom stereocenters. The number of hydrogen-bond donors (Lipinski definition) is 0. The van der Waals surface area contributed by atoms with Crippen LogP contribution in [0.1, 0.15) is 24.2 Å². The van der Waals surface area contributed by atoms with Gasteiger partial charge in [-0.3, -0.25) is 4.79 Å². The maximum atomic E-state index is 12.8. The topological polar surface area (TPSA) is 76.2 Å². The molecule has 0 N–H and O–H groups in total. The van der Waals surface area contributed by atoms with E-state index in [4.69, 9.17) is 9.47 Å². The number of amides is 1. The van der Waals surface area contributed by atoms with Gasteiger partial charge in [-0.15, -0.1) is 0 Å². The minimum Gasteiger partial charge on any atom is -0.378 e. The van der Waals surface area contributed by atoms with Crippen molar-refractivity contribution in [2.24, 2.45) is 0 Å². The number of carbonyl (C=O) groups is 1. The standard InChI is InChI=1S/C17H24N2O5S/c1-13-11-19(12-14(2)24-13)25(21,22)16-5-3-15(4-6-16)17(20)18-7-9-23-10-8-18/h3-6,13-14H,7-12H2,1-2H3/t13-,14-/m1/s1. The monoisotopic (exact) mass is 368 g/mol. The molecule has 2 heterocycles. The van der Waals surface area contributed by atoms with Crippen molar-refractivity contribution in [2.45, 2.75) is 31.0 Å². The maximum absolute atomic E-state index is 12.8. The molecule has 138 valence electrons. The van der Waals surface area contributed by atoms with E-state index in [1.807, 2.05) is 13.8 Å². The minimum absolute atomic E-state index is 0.0964. The molecule has 0 spiro atoms. The Labute approximate surface area is 148 Å². The molecule has 2 fully saturated rings. The molecule has 0 saturated carbocycles. The van der Waals surface area contributed by atoms with Crippen molar-refractivity contribution >= 4 is 15.9 Å². The Morgan fingerprint density at radius 3 is 2.16 bits per heavy atom. The fraction of sp³-hybridized carbons (Fsp3) is 0.588. The third kappa shape index (κ3) is 4.03. The van der Waals surface area contributed by atoms with Crippen LogP contribution in [0.5, 0.6) is 0 Å². The van der Waals surface area contributed by atoms with Crippen molar-refractivity contribution in [3.63, 3.8) is 0 Å². The molecular formula is C17H24N2O5S. The number of carbonyl (C=O) groups excluding carboxylic acids is 1. The molecule has 2 aliphatic heterocycles. The van der Waals surface area contributed by atoms with Crippen LogP contribution in [0.15, 0.2) is 29.2 Å². The minimum atomic E-state index is -3.59. The summed E-state index contributed by atoms with van der Waals surface area (Å²) in [5, 5.41) is 0. The van der Waals surface area contributed by atoms with Crippen LogP contribution in [-0.4, -0.2) is 75.1 Å². The summed E-state index contributed by atoms with van der Waals surface area (Å²) >= 11 is 0. The lowest BCUT2D eigenvalue weighted by molar-refractivity contribution is -0.0440. The molecule has 3 rings (SSSR count). The van der Waals surface area contributed by atoms with Gasteiger partial charge in [0, 0.05) is 31.7 Å². The summed E-state index contributed by atoms with van der Waals surface area (Å²) < 4.78 is 37.9. The molecule has 0 bridgehead atoms. The fourth-order valence-corrected chi connectivity index (χ4v) is 4.79. The van der Waals surface area contributed by atoms with E-state index in [0.29, 0.717) is 45.0 Å². The summed E-state index contributed by atoms with van der Waals surface area (Å²) in [7, 11) is -3.59. The molecule has 25 heavy (non-hydrogen) atoms. The van der Waals surface area contributed by atoms with Crippen LogP contribution in [0.4, 0.5) is 0 Å². The maximum Gasteiger partial charge on any atom is 0.254 e. The number of benzene rings is 1. The van der Waals surface area contributed by atoms with Gasteiger partial charge in [-0.1, -0.05) is 0 Å².